The molecule has 0 amide bonds. The number of methoxy groups -OCH3 is 2. The normalized spacial score (nSPS) is 14.8. The number of carbonyl (C=O) groups is 2. The number of aromatic nitrogens is 2. The lowest BCUT2D eigenvalue weighted by molar-refractivity contribution is -0.137. The minimum Gasteiger partial charge on any atom is -0.466 e. The summed E-state index contributed by atoms with van der Waals surface area (Å²) >= 11 is 0. The molecule has 0 fully saturated rings. The summed E-state index contributed by atoms with van der Waals surface area (Å²) in [5.41, 5.74) is 3.60. The van der Waals surface area contributed by atoms with Gasteiger partial charge in [-0.15, -0.1) is 0 Å². The standard InChI is InChI=1S/C20H21N3O4/c1-12-16(19(24)26-3)18(17(13(2)22-12)20(25)27-4)14-7-5-6-8-15(14)23-10-9-21-11-23/h5-11,18,22H,1-4H3. The summed E-state index contributed by atoms with van der Waals surface area (Å²) < 4.78 is 11.9. The highest BCUT2D eigenvalue weighted by Gasteiger charge is 2.38. The number of nitrogens with one attached hydrogen (secondary N) is 1. The van der Waals surface area contributed by atoms with Crippen LogP contribution in [0.4, 0.5) is 0 Å². The molecular weight excluding hydrogens is 346 g/mol. The monoisotopic (exact) mass is 367 g/mol. The molecule has 2 heterocycles. The van der Waals surface area contributed by atoms with Crippen LogP contribution in [0.1, 0.15) is 25.3 Å². The number of dihydropyridines is 1. The highest BCUT2D eigenvalue weighted by molar-refractivity contribution is 6.00. The zero-order valence-corrected chi connectivity index (χ0v) is 15.6. The Labute approximate surface area is 157 Å². The van der Waals surface area contributed by atoms with Crippen LogP contribution in [0.3, 0.4) is 0 Å². The predicted octanol–water partition coefficient (Wildman–Crippen LogP) is 2.45. The number of imidazole rings is 1. The number of benzene rings is 1. The molecule has 1 aromatic heterocycles. The van der Waals surface area contributed by atoms with Crippen LogP contribution in [-0.2, 0) is 19.1 Å². The third-order valence-corrected chi connectivity index (χ3v) is 4.60. The Morgan fingerprint density at radius 1 is 1.04 bits per heavy atom. The number of nitrogens with zero attached hydrogens (tertiary/aromatic N) is 2. The topological polar surface area (TPSA) is 82.5 Å². The first-order chi connectivity index (χ1) is 13.0. The molecular formula is C20H21N3O4. The van der Waals surface area contributed by atoms with Gasteiger partial charge in [-0.05, 0) is 25.5 Å². The van der Waals surface area contributed by atoms with Crippen LogP contribution >= 0.6 is 0 Å². The van der Waals surface area contributed by atoms with Crippen LogP contribution in [0.5, 0.6) is 0 Å². The Balaban J connectivity index is 2.29. The number of hydrogen-bond donors (Lipinski definition) is 1. The van der Waals surface area contributed by atoms with E-state index in [-0.39, 0.29) is 0 Å². The van der Waals surface area contributed by atoms with Crippen molar-refractivity contribution in [2.45, 2.75) is 19.8 Å². The molecule has 2 aromatic rings. The fourth-order valence-electron chi connectivity index (χ4n) is 3.43. The van der Waals surface area contributed by atoms with Crippen LogP contribution in [0.25, 0.3) is 5.69 Å². The second kappa shape index (κ2) is 7.49. The summed E-state index contributed by atoms with van der Waals surface area (Å²) in [5, 5.41) is 3.10. The maximum absolute atomic E-state index is 12.6. The van der Waals surface area contributed by atoms with Crippen molar-refractivity contribution in [2.75, 3.05) is 14.2 Å². The Morgan fingerprint density at radius 3 is 2.15 bits per heavy atom. The molecule has 1 aliphatic heterocycles. The van der Waals surface area contributed by atoms with Crippen molar-refractivity contribution in [2.24, 2.45) is 0 Å². The van der Waals surface area contributed by atoms with Gasteiger partial charge in [-0.2, -0.15) is 0 Å². The van der Waals surface area contributed by atoms with Gasteiger partial charge in [-0.1, -0.05) is 18.2 Å². The van der Waals surface area contributed by atoms with E-state index in [1.807, 2.05) is 35.0 Å². The number of hydrogen-bond acceptors (Lipinski definition) is 6. The number of allylic oxidation sites excluding steroid dienone is 2. The molecule has 3 rings (SSSR count). The van der Waals surface area contributed by atoms with Crippen molar-refractivity contribution >= 4 is 11.9 Å². The third-order valence-electron chi connectivity index (χ3n) is 4.60. The minimum absolute atomic E-state index is 0.371. The third kappa shape index (κ3) is 3.23. The first-order valence-electron chi connectivity index (χ1n) is 8.42. The second-order valence-electron chi connectivity index (χ2n) is 6.15. The van der Waals surface area contributed by atoms with Gasteiger partial charge in [0.2, 0.25) is 0 Å². The highest BCUT2D eigenvalue weighted by atomic mass is 16.5. The fourth-order valence-corrected chi connectivity index (χ4v) is 3.43. The van der Waals surface area contributed by atoms with Gasteiger partial charge >= 0.3 is 11.9 Å². The lowest BCUT2D eigenvalue weighted by Crippen LogP contribution is -2.32. The van der Waals surface area contributed by atoms with Gasteiger partial charge in [0, 0.05) is 23.8 Å². The van der Waals surface area contributed by atoms with E-state index in [1.54, 1.807) is 26.4 Å². The molecule has 1 N–H and O–H groups in total. The highest BCUT2D eigenvalue weighted by Crippen LogP contribution is 2.41. The lowest BCUT2D eigenvalue weighted by atomic mass is 9.79. The first kappa shape index (κ1) is 18.4. The van der Waals surface area contributed by atoms with Crippen LogP contribution in [-0.4, -0.2) is 35.7 Å². The van der Waals surface area contributed by atoms with Gasteiger partial charge in [-0.3, -0.25) is 0 Å². The minimum atomic E-state index is -0.634. The Kier molecular flexibility index (Phi) is 5.12. The fraction of sp³-hybridized carbons (Fsp3) is 0.250. The molecule has 0 aliphatic carbocycles. The first-order valence-corrected chi connectivity index (χ1v) is 8.42. The van der Waals surface area contributed by atoms with Crippen LogP contribution in [0.15, 0.2) is 65.5 Å². The van der Waals surface area contributed by atoms with Gasteiger partial charge in [0.25, 0.3) is 0 Å². The van der Waals surface area contributed by atoms with Gasteiger partial charge in [0.15, 0.2) is 0 Å². The molecule has 0 unspecified atom stereocenters. The number of para-hydroxylation sites is 1. The molecule has 1 aromatic carbocycles. The number of rotatable bonds is 4. The van der Waals surface area contributed by atoms with E-state index in [0.29, 0.717) is 22.5 Å². The summed E-state index contributed by atoms with van der Waals surface area (Å²) in [7, 11) is 2.65. The summed E-state index contributed by atoms with van der Waals surface area (Å²) in [6.45, 7) is 3.58. The van der Waals surface area contributed by atoms with Gasteiger partial charge in [0.05, 0.1) is 43.3 Å². The molecule has 0 spiro atoms. The molecule has 0 saturated carbocycles. The molecule has 7 heteroatoms. The second-order valence-corrected chi connectivity index (χ2v) is 6.15. The molecule has 1 aliphatic rings. The average molecular weight is 367 g/mol. The molecule has 0 bridgehead atoms. The number of carbonyl (C=O) groups excluding carboxylic acids is 2. The maximum Gasteiger partial charge on any atom is 0.336 e. The van der Waals surface area contributed by atoms with Crippen LogP contribution in [0.2, 0.25) is 0 Å². The van der Waals surface area contributed by atoms with Gasteiger partial charge < -0.3 is 19.4 Å². The van der Waals surface area contributed by atoms with Gasteiger partial charge in [0.1, 0.15) is 0 Å². The van der Waals surface area contributed by atoms with E-state index in [1.165, 1.54) is 14.2 Å². The largest absolute Gasteiger partial charge is 0.466 e. The lowest BCUT2D eigenvalue weighted by Gasteiger charge is -2.31. The van der Waals surface area contributed by atoms with Crippen molar-refractivity contribution < 1.29 is 19.1 Å². The smallest absolute Gasteiger partial charge is 0.336 e. The van der Waals surface area contributed by atoms with E-state index in [2.05, 4.69) is 10.3 Å². The summed E-state index contributed by atoms with van der Waals surface area (Å²) in [6, 6.07) is 7.56. The maximum atomic E-state index is 12.6. The zero-order valence-electron chi connectivity index (χ0n) is 15.6. The Morgan fingerprint density at radius 2 is 1.63 bits per heavy atom. The molecule has 0 atom stereocenters. The SMILES string of the molecule is COC(=O)C1=C(C)NC(C)=C(C(=O)OC)C1c1ccccc1-n1ccnc1. The van der Waals surface area contributed by atoms with Crippen molar-refractivity contribution in [3.63, 3.8) is 0 Å². The molecule has 0 saturated heterocycles. The van der Waals surface area contributed by atoms with Crippen molar-refractivity contribution in [1.29, 1.82) is 0 Å². The summed E-state index contributed by atoms with van der Waals surface area (Å²) in [6.07, 6.45) is 5.15. The summed E-state index contributed by atoms with van der Waals surface area (Å²) in [4.78, 5) is 29.3. The molecule has 27 heavy (non-hydrogen) atoms. The van der Waals surface area contributed by atoms with Crippen LogP contribution < -0.4 is 5.32 Å². The Bertz CT molecular complexity index is 904. The van der Waals surface area contributed by atoms with Crippen molar-refractivity contribution in [3.05, 3.63) is 71.1 Å². The number of ether oxygens (including phenoxy) is 2. The van der Waals surface area contributed by atoms with E-state index >= 15 is 0 Å². The predicted molar refractivity (Wildman–Crippen MR) is 98.9 cm³/mol. The van der Waals surface area contributed by atoms with Gasteiger partial charge in [-0.25, -0.2) is 14.6 Å². The molecule has 7 nitrogen and oxygen atoms in total. The zero-order chi connectivity index (χ0) is 19.6. The van der Waals surface area contributed by atoms with Crippen molar-refractivity contribution in [1.82, 2.24) is 14.9 Å². The van der Waals surface area contributed by atoms with E-state index in [4.69, 9.17) is 9.47 Å². The summed E-state index contributed by atoms with van der Waals surface area (Å²) in [5.74, 6) is -1.64. The van der Waals surface area contributed by atoms with Crippen molar-refractivity contribution in [3.8, 4) is 5.69 Å². The van der Waals surface area contributed by atoms with Crippen LogP contribution in [0, 0.1) is 0 Å². The van der Waals surface area contributed by atoms with E-state index in [0.717, 1.165) is 11.3 Å². The molecule has 140 valence electrons. The van der Waals surface area contributed by atoms with E-state index < -0.39 is 17.9 Å². The Hall–Kier alpha value is -3.35. The average Bonchev–Trinajstić information content (AvgIpc) is 3.21. The van der Waals surface area contributed by atoms with E-state index in [9.17, 15) is 9.59 Å². The quantitative estimate of drug-likeness (QED) is 0.836. The number of esters is 2. The molecule has 0 radical (unpaired) electrons.